The summed E-state index contributed by atoms with van der Waals surface area (Å²) in [6.07, 6.45) is 0. The van der Waals surface area contributed by atoms with E-state index < -0.39 is 0 Å². The summed E-state index contributed by atoms with van der Waals surface area (Å²) < 4.78 is 6.57. The van der Waals surface area contributed by atoms with Crippen molar-refractivity contribution in [2.75, 3.05) is 31.7 Å². The highest BCUT2D eigenvalue weighted by Gasteiger charge is 2.28. The smallest absolute Gasteiger partial charge is 0.123 e. The third-order valence-corrected chi connectivity index (χ3v) is 5.28. The molecule has 0 amide bonds. The molecule has 0 aromatic heterocycles. The van der Waals surface area contributed by atoms with Crippen LogP contribution < -0.4 is 10.5 Å². The maximum Gasteiger partial charge on any atom is 0.123 e. The molecule has 1 aromatic carbocycles. The molecule has 0 radical (unpaired) electrons. The Bertz CT molecular complexity index is 430. The van der Waals surface area contributed by atoms with Gasteiger partial charge in [-0.2, -0.15) is 11.8 Å². The summed E-state index contributed by atoms with van der Waals surface area (Å²) in [5.74, 6) is 3.27. The Morgan fingerprint density at radius 1 is 1.58 bits per heavy atom. The van der Waals surface area contributed by atoms with Crippen LogP contribution in [0.25, 0.3) is 0 Å². The highest BCUT2D eigenvalue weighted by atomic mass is 79.9. The van der Waals surface area contributed by atoms with E-state index in [-0.39, 0.29) is 6.04 Å². The monoisotopic (exact) mass is 344 g/mol. The first kappa shape index (κ1) is 15.2. The van der Waals surface area contributed by atoms with Crippen LogP contribution in [0.3, 0.4) is 0 Å². The Hall–Kier alpha value is -0.230. The average Bonchev–Trinajstić information content (AvgIpc) is 2.42. The van der Waals surface area contributed by atoms with Gasteiger partial charge in [-0.25, -0.2) is 0 Å². The zero-order valence-electron chi connectivity index (χ0n) is 11.4. The van der Waals surface area contributed by atoms with E-state index in [4.69, 9.17) is 10.5 Å². The molecule has 19 heavy (non-hydrogen) atoms. The van der Waals surface area contributed by atoms with Gasteiger partial charge in [-0.05, 0) is 25.1 Å². The van der Waals surface area contributed by atoms with Crippen LogP contribution in [0.15, 0.2) is 22.7 Å². The largest absolute Gasteiger partial charge is 0.496 e. The van der Waals surface area contributed by atoms with Crippen molar-refractivity contribution in [1.82, 2.24) is 4.90 Å². The van der Waals surface area contributed by atoms with Crippen LogP contribution in [-0.4, -0.2) is 42.6 Å². The topological polar surface area (TPSA) is 38.5 Å². The number of nitrogens with zero attached hydrogens (tertiary/aromatic N) is 1. The van der Waals surface area contributed by atoms with Gasteiger partial charge in [0, 0.05) is 40.7 Å². The van der Waals surface area contributed by atoms with E-state index in [9.17, 15) is 0 Å². The fourth-order valence-corrected chi connectivity index (χ4v) is 4.03. The second kappa shape index (κ2) is 6.97. The Balaban J connectivity index is 2.32. The predicted molar refractivity (Wildman–Crippen MR) is 86.0 cm³/mol. The minimum atomic E-state index is 0.225. The van der Waals surface area contributed by atoms with Crippen LogP contribution in [-0.2, 0) is 0 Å². The van der Waals surface area contributed by atoms with Gasteiger partial charge in [-0.15, -0.1) is 0 Å². The quantitative estimate of drug-likeness (QED) is 0.911. The van der Waals surface area contributed by atoms with Crippen molar-refractivity contribution in [3.63, 3.8) is 0 Å². The highest BCUT2D eigenvalue weighted by Crippen LogP contribution is 2.34. The number of hydrogen-bond donors (Lipinski definition) is 1. The molecule has 0 spiro atoms. The zero-order chi connectivity index (χ0) is 13.8. The van der Waals surface area contributed by atoms with Crippen molar-refractivity contribution in [1.29, 1.82) is 0 Å². The van der Waals surface area contributed by atoms with E-state index in [0.29, 0.717) is 12.6 Å². The zero-order valence-corrected chi connectivity index (χ0v) is 13.8. The lowest BCUT2D eigenvalue weighted by atomic mass is 10.0. The SMILES string of the molecule is COc1ccc(Br)cc1C(CN)N1CCSCC1C. The average molecular weight is 345 g/mol. The normalized spacial score (nSPS) is 22.2. The van der Waals surface area contributed by atoms with Gasteiger partial charge < -0.3 is 10.5 Å². The van der Waals surface area contributed by atoms with Gasteiger partial charge >= 0.3 is 0 Å². The summed E-state index contributed by atoms with van der Waals surface area (Å²) in [6, 6.07) is 6.92. The predicted octanol–water partition coefficient (Wildman–Crippen LogP) is 2.89. The van der Waals surface area contributed by atoms with Crippen molar-refractivity contribution in [2.45, 2.75) is 19.0 Å². The minimum Gasteiger partial charge on any atom is -0.496 e. The molecule has 1 aliphatic rings. The number of halogens is 1. The molecule has 1 aliphatic heterocycles. The second-order valence-electron chi connectivity index (χ2n) is 4.80. The van der Waals surface area contributed by atoms with Crippen molar-refractivity contribution in [2.24, 2.45) is 5.73 Å². The van der Waals surface area contributed by atoms with Crippen molar-refractivity contribution in [3.8, 4) is 5.75 Å². The van der Waals surface area contributed by atoms with E-state index in [1.165, 1.54) is 17.1 Å². The lowest BCUT2D eigenvalue weighted by molar-refractivity contribution is 0.163. The lowest BCUT2D eigenvalue weighted by Crippen LogP contribution is -2.45. The molecular weight excluding hydrogens is 324 g/mol. The third kappa shape index (κ3) is 3.45. The number of ether oxygens (including phenoxy) is 1. The molecule has 1 heterocycles. The van der Waals surface area contributed by atoms with Crippen LogP contribution >= 0.6 is 27.7 Å². The summed E-state index contributed by atoms with van der Waals surface area (Å²) in [4.78, 5) is 2.50. The Kier molecular flexibility index (Phi) is 5.57. The van der Waals surface area contributed by atoms with E-state index in [2.05, 4.69) is 33.8 Å². The fraction of sp³-hybridized carbons (Fsp3) is 0.571. The van der Waals surface area contributed by atoms with Gasteiger partial charge in [0.1, 0.15) is 5.75 Å². The van der Waals surface area contributed by atoms with E-state index in [0.717, 1.165) is 16.8 Å². The standard InChI is InChI=1S/C14H21BrN2OS/c1-10-9-19-6-5-17(10)13(8-16)12-7-11(15)3-4-14(12)18-2/h3-4,7,10,13H,5-6,8-9,16H2,1-2H3. The number of rotatable bonds is 4. The summed E-state index contributed by atoms with van der Waals surface area (Å²) in [6.45, 7) is 3.98. The maximum atomic E-state index is 6.05. The van der Waals surface area contributed by atoms with Gasteiger partial charge in [0.05, 0.1) is 13.2 Å². The van der Waals surface area contributed by atoms with Crippen molar-refractivity contribution < 1.29 is 4.74 Å². The second-order valence-corrected chi connectivity index (χ2v) is 6.87. The van der Waals surface area contributed by atoms with Gasteiger partial charge in [-0.3, -0.25) is 4.90 Å². The van der Waals surface area contributed by atoms with Crippen molar-refractivity contribution >= 4 is 27.7 Å². The lowest BCUT2D eigenvalue weighted by Gasteiger charge is -2.39. The number of thioether (sulfide) groups is 1. The van der Waals surface area contributed by atoms with Gasteiger partial charge in [-0.1, -0.05) is 15.9 Å². The summed E-state index contributed by atoms with van der Waals surface area (Å²) in [5.41, 5.74) is 7.23. The minimum absolute atomic E-state index is 0.225. The fourth-order valence-electron chi connectivity index (χ4n) is 2.61. The molecule has 0 aliphatic carbocycles. The molecule has 1 saturated heterocycles. The number of nitrogens with two attached hydrogens (primary N) is 1. The first-order valence-electron chi connectivity index (χ1n) is 6.54. The molecule has 106 valence electrons. The van der Waals surface area contributed by atoms with Crippen LogP contribution in [0, 0.1) is 0 Å². The summed E-state index contributed by atoms with van der Waals surface area (Å²) in [5, 5.41) is 0. The van der Waals surface area contributed by atoms with E-state index >= 15 is 0 Å². The molecule has 0 bridgehead atoms. The molecule has 3 nitrogen and oxygen atoms in total. The van der Waals surface area contributed by atoms with E-state index in [1.807, 2.05) is 23.9 Å². The van der Waals surface area contributed by atoms with Crippen LogP contribution in [0.1, 0.15) is 18.5 Å². The molecule has 0 saturated carbocycles. The van der Waals surface area contributed by atoms with Crippen LogP contribution in [0.5, 0.6) is 5.75 Å². The van der Waals surface area contributed by atoms with Crippen LogP contribution in [0.4, 0.5) is 0 Å². The summed E-state index contributed by atoms with van der Waals surface area (Å²) in [7, 11) is 1.72. The third-order valence-electron chi connectivity index (χ3n) is 3.59. The molecule has 2 N–H and O–H groups in total. The molecule has 1 fully saturated rings. The molecule has 2 atom stereocenters. The maximum absolute atomic E-state index is 6.05. The number of benzene rings is 1. The Labute approximate surface area is 128 Å². The Morgan fingerprint density at radius 3 is 3.00 bits per heavy atom. The highest BCUT2D eigenvalue weighted by molar-refractivity contribution is 9.10. The molecular formula is C14H21BrN2OS. The molecule has 2 unspecified atom stereocenters. The molecule has 1 aromatic rings. The first-order chi connectivity index (χ1) is 9.17. The number of methoxy groups -OCH3 is 1. The number of hydrogen-bond acceptors (Lipinski definition) is 4. The van der Waals surface area contributed by atoms with Gasteiger partial charge in [0.25, 0.3) is 0 Å². The van der Waals surface area contributed by atoms with Crippen LogP contribution in [0.2, 0.25) is 0 Å². The molecule has 5 heteroatoms. The first-order valence-corrected chi connectivity index (χ1v) is 8.49. The Morgan fingerprint density at radius 2 is 2.37 bits per heavy atom. The molecule has 2 rings (SSSR count). The van der Waals surface area contributed by atoms with Gasteiger partial charge in [0.2, 0.25) is 0 Å². The summed E-state index contributed by atoms with van der Waals surface area (Å²) >= 11 is 5.56. The van der Waals surface area contributed by atoms with Gasteiger partial charge in [0.15, 0.2) is 0 Å². The van der Waals surface area contributed by atoms with E-state index in [1.54, 1.807) is 7.11 Å². The van der Waals surface area contributed by atoms with Crippen molar-refractivity contribution in [3.05, 3.63) is 28.2 Å².